The van der Waals surface area contributed by atoms with Crippen LogP contribution in [0.4, 0.5) is 14.9 Å². The van der Waals surface area contributed by atoms with Gasteiger partial charge in [-0.1, -0.05) is 0 Å². The Hall–Kier alpha value is -1.43. The largest absolute Gasteiger partial charge is 0.371 e. The van der Waals surface area contributed by atoms with E-state index in [4.69, 9.17) is 0 Å². The van der Waals surface area contributed by atoms with E-state index in [1.165, 1.54) is 12.1 Å². The number of amides is 2. The van der Waals surface area contributed by atoms with E-state index in [1.54, 1.807) is 0 Å². The monoisotopic (exact) mass is 337 g/mol. The molecule has 0 radical (unpaired) electrons. The van der Waals surface area contributed by atoms with Crippen LogP contribution in [0.2, 0.25) is 0 Å². The van der Waals surface area contributed by atoms with Crippen molar-refractivity contribution in [3.05, 3.63) is 30.1 Å². The van der Waals surface area contributed by atoms with E-state index in [0.717, 1.165) is 49.5 Å². The second kappa shape index (κ2) is 7.90. The number of nitrogens with zero attached hydrogens (tertiary/aromatic N) is 1. The lowest BCUT2D eigenvalue weighted by Gasteiger charge is -2.23. The predicted octanol–water partition coefficient (Wildman–Crippen LogP) is 2.85. The Kier molecular flexibility index (Phi) is 5.65. The molecule has 2 aliphatic rings. The quantitative estimate of drug-likeness (QED) is 0.888. The summed E-state index contributed by atoms with van der Waals surface area (Å²) in [4.78, 5) is 14.2. The van der Waals surface area contributed by atoms with Crippen molar-refractivity contribution in [1.29, 1.82) is 0 Å². The van der Waals surface area contributed by atoms with Gasteiger partial charge in [0.2, 0.25) is 0 Å². The van der Waals surface area contributed by atoms with Gasteiger partial charge in [-0.2, -0.15) is 11.8 Å². The molecular formula is C17H24FN3OS. The highest BCUT2D eigenvalue weighted by Crippen LogP contribution is 2.23. The Morgan fingerprint density at radius 1 is 1.22 bits per heavy atom. The fourth-order valence-corrected chi connectivity index (χ4v) is 4.31. The molecule has 2 amide bonds. The third-order valence-electron chi connectivity index (χ3n) is 4.59. The molecule has 4 nitrogen and oxygen atoms in total. The molecular weight excluding hydrogens is 313 g/mol. The van der Waals surface area contributed by atoms with Crippen molar-refractivity contribution in [1.82, 2.24) is 10.6 Å². The number of carbonyl (C=O) groups is 1. The summed E-state index contributed by atoms with van der Waals surface area (Å²) in [7, 11) is 0. The van der Waals surface area contributed by atoms with Crippen LogP contribution in [0, 0.1) is 11.7 Å². The smallest absolute Gasteiger partial charge is 0.315 e. The van der Waals surface area contributed by atoms with Crippen molar-refractivity contribution in [2.24, 2.45) is 5.92 Å². The fourth-order valence-electron chi connectivity index (χ4n) is 3.20. The maximum absolute atomic E-state index is 13.0. The van der Waals surface area contributed by atoms with Crippen molar-refractivity contribution >= 4 is 23.5 Å². The Bertz CT molecular complexity index is 519. The molecule has 2 aliphatic heterocycles. The Labute approximate surface area is 141 Å². The predicted molar refractivity (Wildman–Crippen MR) is 93.6 cm³/mol. The average molecular weight is 337 g/mol. The summed E-state index contributed by atoms with van der Waals surface area (Å²) in [5.74, 6) is 2.53. The molecule has 0 aromatic heterocycles. The second-order valence-corrected chi connectivity index (χ2v) is 7.54. The van der Waals surface area contributed by atoms with Gasteiger partial charge in [-0.15, -0.1) is 0 Å². The Morgan fingerprint density at radius 3 is 2.70 bits per heavy atom. The summed E-state index contributed by atoms with van der Waals surface area (Å²) < 4.78 is 13.0. The molecule has 23 heavy (non-hydrogen) atoms. The number of thioether (sulfide) groups is 1. The zero-order chi connectivity index (χ0) is 16.1. The Morgan fingerprint density at radius 2 is 1.96 bits per heavy atom. The molecule has 6 heteroatoms. The van der Waals surface area contributed by atoms with Crippen LogP contribution in [0.15, 0.2) is 24.3 Å². The first-order valence-electron chi connectivity index (χ1n) is 8.33. The van der Waals surface area contributed by atoms with Gasteiger partial charge in [-0.25, -0.2) is 9.18 Å². The molecule has 0 unspecified atom stereocenters. The fraction of sp³-hybridized carbons (Fsp3) is 0.588. The van der Waals surface area contributed by atoms with Gasteiger partial charge in [0.1, 0.15) is 5.82 Å². The number of urea groups is 1. The lowest BCUT2D eigenvalue weighted by molar-refractivity contribution is 0.234. The van der Waals surface area contributed by atoms with Gasteiger partial charge >= 0.3 is 6.03 Å². The van der Waals surface area contributed by atoms with Gasteiger partial charge in [0, 0.05) is 31.4 Å². The van der Waals surface area contributed by atoms with Gasteiger partial charge in [-0.05, 0) is 61.0 Å². The number of anilines is 1. The van der Waals surface area contributed by atoms with Crippen LogP contribution >= 0.6 is 11.8 Å². The molecule has 126 valence electrons. The van der Waals surface area contributed by atoms with E-state index in [1.807, 2.05) is 23.9 Å². The van der Waals surface area contributed by atoms with Gasteiger partial charge < -0.3 is 15.5 Å². The van der Waals surface area contributed by atoms with Crippen LogP contribution in [0.25, 0.3) is 0 Å². The second-order valence-electron chi connectivity index (χ2n) is 6.32. The summed E-state index contributed by atoms with van der Waals surface area (Å²) in [5.41, 5.74) is 1.05. The van der Waals surface area contributed by atoms with Crippen molar-refractivity contribution in [2.45, 2.75) is 25.3 Å². The minimum absolute atomic E-state index is 0.0397. The summed E-state index contributed by atoms with van der Waals surface area (Å²) in [6.45, 7) is 2.57. The topological polar surface area (TPSA) is 44.4 Å². The molecule has 2 saturated heterocycles. The zero-order valence-corrected chi connectivity index (χ0v) is 14.1. The zero-order valence-electron chi connectivity index (χ0n) is 13.3. The number of nitrogens with one attached hydrogen (secondary N) is 2. The molecule has 0 bridgehead atoms. The summed E-state index contributed by atoms with van der Waals surface area (Å²) >= 11 is 1.96. The lowest BCUT2D eigenvalue weighted by atomic mass is 10.1. The standard InChI is InChI=1S/C17H24FN3OS/c18-14-1-3-16(4-2-14)21-8-5-13(12-21)11-19-17(22)20-15-6-9-23-10-7-15/h1-4,13,15H,5-12H2,(H2,19,20,22)/t13-/m0/s1. The summed E-state index contributed by atoms with van der Waals surface area (Å²) in [5, 5.41) is 6.08. The van der Waals surface area contributed by atoms with Crippen molar-refractivity contribution in [2.75, 3.05) is 36.0 Å². The number of halogens is 1. The van der Waals surface area contributed by atoms with Crippen molar-refractivity contribution in [3.63, 3.8) is 0 Å². The molecule has 0 saturated carbocycles. The molecule has 0 spiro atoms. The van der Waals surface area contributed by atoms with Crippen LogP contribution in [-0.4, -0.2) is 43.2 Å². The van der Waals surface area contributed by atoms with Gasteiger partial charge in [-0.3, -0.25) is 0 Å². The van der Waals surface area contributed by atoms with Crippen LogP contribution in [-0.2, 0) is 0 Å². The van der Waals surface area contributed by atoms with Crippen LogP contribution in [0.5, 0.6) is 0 Å². The number of carbonyl (C=O) groups excluding carboxylic acids is 1. The lowest BCUT2D eigenvalue weighted by Crippen LogP contribution is -2.45. The number of hydrogen-bond donors (Lipinski definition) is 2. The van der Waals surface area contributed by atoms with Gasteiger partial charge in [0.05, 0.1) is 0 Å². The maximum atomic E-state index is 13.0. The molecule has 2 N–H and O–H groups in total. The first-order valence-corrected chi connectivity index (χ1v) is 9.49. The number of benzene rings is 1. The molecule has 0 aliphatic carbocycles. The molecule has 3 rings (SSSR count). The normalized spacial score (nSPS) is 22.1. The number of rotatable bonds is 4. The van der Waals surface area contributed by atoms with E-state index in [0.29, 0.717) is 18.5 Å². The SMILES string of the molecule is O=C(NC[C@@H]1CCN(c2ccc(F)cc2)C1)NC1CCSCC1. The third kappa shape index (κ3) is 4.77. The molecule has 1 aromatic rings. The molecule has 2 fully saturated rings. The van der Waals surface area contributed by atoms with E-state index in [9.17, 15) is 9.18 Å². The highest BCUT2D eigenvalue weighted by Gasteiger charge is 2.23. The Balaban J connectivity index is 1.39. The van der Waals surface area contributed by atoms with E-state index in [-0.39, 0.29) is 11.8 Å². The summed E-state index contributed by atoms with van der Waals surface area (Å²) in [6.07, 6.45) is 3.19. The average Bonchev–Trinajstić information content (AvgIpc) is 3.04. The van der Waals surface area contributed by atoms with Crippen LogP contribution in [0.3, 0.4) is 0 Å². The minimum atomic E-state index is -0.205. The first-order chi connectivity index (χ1) is 11.2. The molecule has 1 aromatic carbocycles. The number of hydrogen-bond acceptors (Lipinski definition) is 3. The first kappa shape index (κ1) is 16.4. The van der Waals surface area contributed by atoms with E-state index < -0.39 is 0 Å². The third-order valence-corrected chi connectivity index (χ3v) is 5.63. The highest BCUT2D eigenvalue weighted by atomic mass is 32.2. The van der Waals surface area contributed by atoms with E-state index >= 15 is 0 Å². The summed E-state index contributed by atoms with van der Waals surface area (Å²) in [6, 6.07) is 6.92. The van der Waals surface area contributed by atoms with Crippen LogP contribution in [0.1, 0.15) is 19.3 Å². The van der Waals surface area contributed by atoms with E-state index in [2.05, 4.69) is 15.5 Å². The van der Waals surface area contributed by atoms with Crippen LogP contribution < -0.4 is 15.5 Å². The molecule has 2 heterocycles. The molecule has 1 atom stereocenters. The van der Waals surface area contributed by atoms with Crippen molar-refractivity contribution in [3.8, 4) is 0 Å². The maximum Gasteiger partial charge on any atom is 0.315 e. The van der Waals surface area contributed by atoms with Crippen molar-refractivity contribution < 1.29 is 9.18 Å². The highest BCUT2D eigenvalue weighted by molar-refractivity contribution is 7.99. The van der Waals surface area contributed by atoms with Gasteiger partial charge in [0.25, 0.3) is 0 Å². The van der Waals surface area contributed by atoms with Gasteiger partial charge in [0.15, 0.2) is 0 Å². The minimum Gasteiger partial charge on any atom is -0.371 e.